The van der Waals surface area contributed by atoms with Crippen LogP contribution in [0.2, 0.25) is 0 Å². The zero-order chi connectivity index (χ0) is 13.0. The number of ketones is 1. The van der Waals surface area contributed by atoms with E-state index in [1.165, 1.54) is 25.7 Å². The van der Waals surface area contributed by atoms with Gasteiger partial charge in [-0.05, 0) is 37.5 Å². The maximum atomic E-state index is 11.5. The molecule has 1 aromatic rings. The van der Waals surface area contributed by atoms with Crippen LogP contribution in [-0.4, -0.2) is 12.4 Å². The molecule has 1 aromatic carbocycles. The molecule has 0 saturated heterocycles. The van der Waals surface area contributed by atoms with E-state index in [-0.39, 0.29) is 5.78 Å². The quantitative estimate of drug-likeness (QED) is 0.742. The Labute approximate surface area is 117 Å². The van der Waals surface area contributed by atoms with Gasteiger partial charge in [0, 0.05) is 4.47 Å². The van der Waals surface area contributed by atoms with E-state index in [0.29, 0.717) is 17.9 Å². The molecule has 1 aliphatic carbocycles. The van der Waals surface area contributed by atoms with Crippen molar-refractivity contribution < 1.29 is 9.53 Å². The summed E-state index contributed by atoms with van der Waals surface area (Å²) in [6.07, 6.45) is 6.49. The lowest BCUT2D eigenvalue weighted by Crippen LogP contribution is -2.06. The minimum atomic E-state index is 0.0540. The van der Waals surface area contributed by atoms with Gasteiger partial charge in [-0.25, -0.2) is 0 Å². The molecule has 0 aliphatic heterocycles. The Bertz CT molecular complexity index is 423. The molecule has 18 heavy (non-hydrogen) atoms. The largest absolute Gasteiger partial charge is 0.493 e. The van der Waals surface area contributed by atoms with Gasteiger partial charge in [0.2, 0.25) is 0 Å². The average molecular weight is 311 g/mol. The number of rotatable bonds is 5. The molecular weight excluding hydrogens is 292 g/mol. The van der Waals surface area contributed by atoms with Gasteiger partial charge in [-0.2, -0.15) is 0 Å². The van der Waals surface area contributed by atoms with Crippen LogP contribution in [0.3, 0.4) is 0 Å². The number of carbonyl (C=O) groups excluding carboxylic acids is 1. The number of ether oxygens (including phenoxy) is 1. The number of carbonyl (C=O) groups is 1. The second-order valence-electron chi connectivity index (χ2n) is 4.98. The summed E-state index contributed by atoms with van der Waals surface area (Å²) < 4.78 is 6.74. The first kappa shape index (κ1) is 13.6. The van der Waals surface area contributed by atoms with Gasteiger partial charge in [-0.3, -0.25) is 4.79 Å². The predicted molar refractivity (Wildman–Crippen MR) is 76.2 cm³/mol. The summed E-state index contributed by atoms with van der Waals surface area (Å²) in [6, 6.07) is 5.57. The Morgan fingerprint density at radius 1 is 1.39 bits per heavy atom. The standard InChI is InChI=1S/C15H19BrO2/c1-11(17)14-7-6-13(16)10-15(14)18-9-8-12-4-2-3-5-12/h6-7,10,12H,2-5,8-9H2,1H3. The van der Waals surface area contributed by atoms with Gasteiger partial charge >= 0.3 is 0 Å². The molecular formula is C15H19BrO2. The zero-order valence-electron chi connectivity index (χ0n) is 10.7. The van der Waals surface area contributed by atoms with Gasteiger partial charge in [0.15, 0.2) is 5.78 Å². The van der Waals surface area contributed by atoms with Crippen molar-refractivity contribution >= 4 is 21.7 Å². The molecule has 1 aliphatic rings. The number of Topliss-reactive ketones (excluding diaryl/α,β-unsaturated/α-hetero) is 1. The fourth-order valence-corrected chi connectivity index (χ4v) is 2.88. The van der Waals surface area contributed by atoms with E-state index >= 15 is 0 Å². The Morgan fingerprint density at radius 2 is 2.11 bits per heavy atom. The van der Waals surface area contributed by atoms with Gasteiger partial charge < -0.3 is 4.74 Å². The lowest BCUT2D eigenvalue weighted by Gasteiger charge is -2.13. The topological polar surface area (TPSA) is 26.3 Å². The normalized spacial score (nSPS) is 15.9. The predicted octanol–water partition coefficient (Wildman–Crippen LogP) is 4.61. The van der Waals surface area contributed by atoms with E-state index < -0.39 is 0 Å². The molecule has 98 valence electrons. The molecule has 2 nitrogen and oxygen atoms in total. The molecule has 0 aromatic heterocycles. The molecule has 0 heterocycles. The number of hydrogen-bond donors (Lipinski definition) is 0. The second-order valence-corrected chi connectivity index (χ2v) is 5.90. The molecule has 3 heteroatoms. The van der Waals surface area contributed by atoms with Crippen LogP contribution < -0.4 is 4.74 Å². The van der Waals surface area contributed by atoms with Crippen molar-refractivity contribution in [3.63, 3.8) is 0 Å². The van der Waals surface area contributed by atoms with E-state index in [1.807, 2.05) is 18.2 Å². The molecule has 0 spiro atoms. The van der Waals surface area contributed by atoms with Crippen LogP contribution in [0.25, 0.3) is 0 Å². The molecule has 0 radical (unpaired) electrons. The van der Waals surface area contributed by atoms with Crippen molar-refractivity contribution in [2.75, 3.05) is 6.61 Å². The van der Waals surface area contributed by atoms with Gasteiger partial charge in [-0.15, -0.1) is 0 Å². The third kappa shape index (κ3) is 3.58. The van der Waals surface area contributed by atoms with Crippen molar-refractivity contribution in [2.45, 2.75) is 39.0 Å². The highest BCUT2D eigenvalue weighted by molar-refractivity contribution is 9.10. The van der Waals surface area contributed by atoms with Crippen LogP contribution in [-0.2, 0) is 0 Å². The zero-order valence-corrected chi connectivity index (χ0v) is 12.3. The van der Waals surface area contributed by atoms with Gasteiger partial charge in [0.05, 0.1) is 12.2 Å². The van der Waals surface area contributed by atoms with Crippen molar-refractivity contribution in [3.05, 3.63) is 28.2 Å². The van der Waals surface area contributed by atoms with Crippen LogP contribution >= 0.6 is 15.9 Å². The highest BCUT2D eigenvalue weighted by Gasteiger charge is 2.15. The molecule has 1 fully saturated rings. The van der Waals surface area contributed by atoms with E-state index in [2.05, 4.69) is 15.9 Å². The third-order valence-corrected chi connectivity index (χ3v) is 4.07. The first-order chi connectivity index (χ1) is 8.66. The third-order valence-electron chi connectivity index (χ3n) is 3.58. The summed E-state index contributed by atoms with van der Waals surface area (Å²) in [7, 11) is 0. The number of hydrogen-bond acceptors (Lipinski definition) is 2. The molecule has 0 N–H and O–H groups in total. The Balaban J connectivity index is 1.94. The number of halogens is 1. The molecule has 0 atom stereocenters. The summed E-state index contributed by atoms with van der Waals surface area (Å²) in [5.41, 5.74) is 0.671. The highest BCUT2D eigenvalue weighted by atomic mass is 79.9. The van der Waals surface area contributed by atoms with Crippen LogP contribution in [0.15, 0.2) is 22.7 Å². The summed E-state index contributed by atoms with van der Waals surface area (Å²) in [4.78, 5) is 11.5. The second kappa shape index (κ2) is 6.37. The molecule has 2 rings (SSSR count). The SMILES string of the molecule is CC(=O)c1ccc(Br)cc1OCCC1CCCC1. The Hall–Kier alpha value is -0.830. The highest BCUT2D eigenvalue weighted by Crippen LogP contribution is 2.29. The molecule has 0 amide bonds. The Kier molecular flexibility index (Phi) is 4.81. The smallest absolute Gasteiger partial charge is 0.163 e. The maximum absolute atomic E-state index is 11.5. The summed E-state index contributed by atoms with van der Waals surface area (Å²) in [6.45, 7) is 2.29. The van der Waals surface area contributed by atoms with Crippen LogP contribution in [0.4, 0.5) is 0 Å². The van der Waals surface area contributed by atoms with Crippen molar-refractivity contribution in [1.29, 1.82) is 0 Å². The van der Waals surface area contributed by atoms with Crippen molar-refractivity contribution in [1.82, 2.24) is 0 Å². The molecule has 0 unspecified atom stereocenters. The van der Waals surface area contributed by atoms with Crippen LogP contribution in [0.1, 0.15) is 49.4 Å². The molecule has 1 saturated carbocycles. The summed E-state index contributed by atoms with van der Waals surface area (Å²) in [5, 5.41) is 0. The van der Waals surface area contributed by atoms with Crippen LogP contribution in [0.5, 0.6) is 5.75 Å². The minimum Gasteiger partial charge on any atom is -0.493 e. The fourth-order valence-electron chi connectivity index (χ4n) is 2.54. The van der Waals surface area contributed by atoms with Gasteiger partial charge in [0.25, 0.3) is 0 Å². The van der Waals surface area contributed by atoms with Crippen molar-refractivity contribution in [3.8, 4) is 5.75 Å². The minimum absolute atomic E-state index is 0.0540. The van der Waals surface area contributed by atoms with Crippen molar-refractivity contribution in [2.24, 2.45) is 5.92 Å². The summed E-state index contributed by atoms with van der Waals surface area (Å²) in [5.74, 6) is 1.58. The van der Waals surface area contributed by atoms with Crippen LogP contribution in [0, 0.1) is 5.92 Å². The number of benzene rings is 1. The van der Waals surface area contributed by atoms with E-state index in [0.717, 1.165) is 16.8 Å². The fraction of sp³-hybridized carbons (Fsp3) is 0.533. The van der Waals surface area contributed by atoms with Gasteiger partial charge in [-0.1, -0.05) is 41.6 Å². The van der Waals surface area contributed by atoms with E-state index in [4.69, 9.17) is 4.74 Å². The maximum Gasteiger partial charge on any atom is 0.163 e. The van der Waals surface area contributed by atoms with Gasteiger partial charge in [0.1, 0.15) is 5.75 Å². The van der Waals surface area contributed by atoms with E-state index in [1.54, 1.807) is 6.92 Å². The monoisotopic (exact) mass is 310 g/mol. The lowest BCUT2D eigenvalue weighted by molar-refractivity contribution is 0.101. The lowest BCUT2D eigenvalue weighted by atomic mass is 10.1. The Morgan fingerprint density at radius 3 is 2.78 bits per heavy atom. The average Bonchev–Trinajstić information content (AvgIpc) is 2.82. The summed E-state index contributed by atoms with van der Waals surface area (Å²) >= 11 is 3.41. The van der Waals surface area contributed by atoms with E-state index in [9.17, 15) is 4.79 Å². The first-order valence-electron chi connectivity index (χ1n) is 6.60. The molecule has 0 bridgehead atoms. The first-order valence-corrected chi connectivity index (χ1v) is 7.39.